The molecular formula is C20H20N2O2S2. The number of rotatable bonds is 5. The third-order valence-electron chi connectivity index (χ3n) is 3.88. The van der Waals surface area contributed by atoms with Crippen LogP contribution in [-0.4, -0.2) is 30.9 Å². The molecule has 1 amide bonds. The lowest BCUT2D eigenvalue weighted by molar-refractivity contribution is -0.113. The van der Waals surface area contributed by atoms with E-state index >= 15 is 0 Å². The third-order valence-corrected chi connectivity index (χ3v) is 5.19. The molecule has 1 aliphatic rings. The van der Waals surface area contributed by atoms with Crippen LogP contribution in [0.1, 0.15) is 12.5 Å². The number of carbonyl (C=O) groups is 1. The predicted molar refractivity (Wildman–Crippen MR) is 114 cm³/mol. The van der Waals surface area contributed by atoms with E-state index in [-0.39, 0.29) is 5.91 Å². The summed E-state index contributed by atoms with van der Waals surface area (Å²) in [5.74, 6) is 0.690. The summed E-state index contributed by atoms with van der Waals surface area (Å²) in [6.45, 7) is 2.55. The molecular weight excluding hydrogens is 364 g/mol. The molecule has 0 aliphatic carbocycles. The summed E-state index contributed by atoms with van der Waals surface area (Å²) in [5, 5.41) is 0. The molecule has 2 aromatic carbocycles. The Bertz CT molecular complexity index is 860. The van der Waals surface area contributed by atoms with Crippen LogP contribution in [0.15, 0.2) is 53.4 Å². The molecule has 134 valence electrons. The third kappa shape index (κ3) is 3.92. The maximum absolute atomic E-state index is 12.9. The molecule has 1 aliphatic heterocycles. The number of thioether (sulfide) groups is 1. The maximum atomic E-state index is 12.9. The number of ether oxygens (including phenoxy) is 1. The summed E-state index contributed by atoms with van der Waals surface area (Å²) < 4.78 is 6.06. The SMILES string of the molecule is CCOc1cccc(/C=C2\SC(=S)N(c3ccc(N(C)C)cc3)C2=O)c1. The van der Waals surface area contributed by atoms with Gasteiger partial charge < -0.3 is 9.64 Å². The minimum atomic E-state index is -0.0978. The van der Waals surface area contributed by atoms with E-state index in [0.29, 0.717) is 15.8 Å². The summed E-state index contributed by atoms with van der Waals surface area (Å²) in [6.07, 6.45) is 1.86. The molecule has 2 aromatic rings. The minimum Gasteiger partial charge on any atom is -0.494 e. The predicted octanol–water partition coefficient (Wildman–Crippen LogP) is 4.56. The Kier molecular flexibility index (Phi) is 5.64. The number of hydrogen-bond donors (Lipinski definition) is 0. The van der Waals surface area contributed by atoms with Crippen LogP contribution < -0.4 is 14.5 Å². The van der Waals surface area contributed by atoms with E-state index in [1.54, 1.807) is 4.90 Å². The van der Waals surface area contributed by atoms with Crippen LogP contribution in [0.5, 0.6) is 5.75 Å². The van der Waals surface area contributed by atoms with Gasteiger partial charge in [0.05, 0.1) is 17.2 Å². The second-order valence-electron chi connectivity index (χ2n) is 5.93. The molecule has 0 atom stereocenters. The highest BCUT2D eigenvalue weighted by Gasteiger charge is 2.33. The van der Waals surface area contributed by atoms with Gasteiger partial charge in [-0.3, -0.25) is 9.69 Å². The molecule has 0 bridgehead atoms. The van der Waals surface area contributed by atoms with E-state index in [2.05, 4.69) is 0 Å². The van der Waals surface area contributed by atoms with E-state index in [9.17, 15) is 4.79 Å². The molecule has 3 rings (SSSR count). The van der Waals surface area contributed by atoms with Gasteiger partial charge in [0.1, 0.15) is 5.75 Å². The quantitative estimate of drug-likeness (QED) is 0.558. The maximum Gasteiger partial charge on any atom is 0.270 e. The van der Waals surface area contributed by atoms with Crippen LogP contribution in [0.25, 0.3) is 6.08 Å². The largest absolute Gasteiger partial charge is 0.494 e. The molecule has 0 radical (unpaired) electrons. The fourth-order valence-electron chi connectivity index (χ4n) is 2.60. The molecule has 0 aromatic heterocycles. The Morgan fingerprint density at radius 2 is 1.92 bits per heavy atom. The zero-order chi connectivity index (χ0) is 18.7. The van der Waals surface area contributed by atoms with Gasteiger partial charge in [-0.25, -0.2) is 0 Å². The summed E-state index contributed by atoms with van der Waals surface area (Å²) in [5.41, 5.74) is 2.77. The fourth-order valence-corrected chi connectivity index (χ4v) is 3.90. The van der Waals surface area contributed by atoms with Crippen molar-refractivity contribution in [3.05, 3.63) is 59.0 Å². The first-order chi connectivity index (χ1) is 12.5. The Balaban J connectivity index is 1.85. The molecule has 4 nitrogen and oxygen atoms in total. The van der Waals surface area contributed by atoms with E-state index in [1.807, 2.05) is 80.5 Å². The van der Waals surface area contributed by atoms with Crippen LogP contribution in [0.4, 0.5) is 11.4 Å². The highest BCUT2D eigenvalue weighted by atomic mass is 32.2. The zero-order valence-corrected chi connectivity index (χ0v) is 16.6. The molecule has 6 heteroatoms. The molecule has 1 fully saturated rings. The second kappa shape index (κ2) is 7.93. The van der Waals surface area contributed by atoms with E-state index in [0.717, 1.165) is 22.7 Å². The molecule has 0 spiro atoms. The second-order valence-corrected chi connectivity index (χ2v) is 7.61. The van der Waals surface area contributed by atoms with Crippen LogP contribution in [0.2, 0.25) is 0 Å². The van der Waals surface area contributed by atoms with Gasteiger partial charge in [0, 0.05) is 19.8 Å². The summed E-state index contributed by atoms with van der Waals surface area (Å²) in [4.78, 5) is 17.1. The van der Waals surface area contributed by atoms with Crippen molar-refractivity contribution in [2.75, 3.05) is 30.5 Å². The van der Waals surface area contributed by atoms with E-state index in [1.165, 1.54) is 11.8 Å². The summed E-state index contributed by atoms with van der Waals surface area (Å²) >= 11 is 6.76. The topological polar surface area (TPSA) is 32.8 Å². The Morgan fingerprint density at radius 1 is 1.19 bits per heavy atom. The van der Waals surface area contributed by atoms with E-state index < -0.39 is 0 Å². The summed E-state index contributed by atoms with van der Waals surface area (Å²) in [6, 6.07) is 15.5. The summed E-state index contributed by atoms with van der Waals surface area (Å²) in [7, 11) is 3.96. The molecule has 1 heterocycles. The lowest BCUT2D eigenvalue weighted by atomic mass is 10.2. The number of hydrogen-bond acceptors (Lipinski definition) is 5. The van der Waals surface area contributed by atoms with Gasteiger partial charge in [0.25, 0.3) is 5.91 Å². The van der Waals surface area contributed by atoms with Crippen LogP contribution in [-0.2, 0) is 4.79 Å². The fraction of sp³-hybridized carbons (Fsp3) is 0.200. The van der Waals surface area contributed by atoms with Gasteiger partial charge in [0.2, 0.25) is 0 Å². The average molecular weight is 385 g/mol. The Morgan fingerprint density at radius 3 is 2.58 bits per heavy atom. The number of thiocarbonyl (C=S) groups is 1. The van der Waals surface area contributed by atoms with Gasteiger partial charge in [-0.15, -0.1) is 0 Å². The van der Waals surface area contributed by atoms with Crippen LogP contribution >= 0.6 is 24.0 Å². The number of anilines is 2. The smallest absolute Gasteiger partial charge is 0.270 e. The molecule has 0 saturated carbocycles. The van der Waals surface area contributed by atoms with Crippen LogP contribution in [0.3, 0.4) is 0 Å². The lowest BCUT2D eigenvalue weighted by Crippen LogP contribution is -2.27. The van der Waals surface area contributed by atoms with Crippen molar-refractivity contribution in [3.63, 3.8) is 0 Å². The number of benzene rings is 2. The monoisotopic (exact) mass is 384 g/mol. The van der Waals surface area contributed by atoms with Crippen molar-refractivity contribution in [3.8, 4) is 5.75 Å². The molecule has 0 unspecified atom stereocenters. The number of carbonyl (C=O) groups excluding carboxylic acids is 1. The van der Waals surface area contributed by atoms with Crippen molar-refractivity contribution in [1.29, 1.82) is 0 Å². The van der Waals surface area contributed by atoms with Gasteiger partial charge >= 0.3 is 0 Å². The minimum absolute atomic E-state index is 0.0978. The van der Waals surface area contributed by atoms with E-state index in [4.69, 9.17) is 17.0 Å². The highest BCUT2D eigenvalue weighted by molar-refractivity contribution is 8.27. The van der Waals surface area contributed by atoms with Gasteiger partial charge in [-0.05, 0) is 55.0 Å². The van der Waals surface area contributed by atoms with Gasteiger partial charge in [0.15, 0.2) is 4.32 Å². The molecule has 1 saturated heterocycles. The average Bonchev–Trinajstić information content (AvgIpc) is 2.89. The first-order valence-corrected chi connectivity index (χ1v) is 9.50. The lowest BCUT2D eigenvalue weighted by Gasteiger charge is -2.17. The van der Waals surface area contributed by atoms with Crippen molar-refractivity contribution >= 4 is 51.7 Å². The van der Waals surface area contributed by atoms with Gasteiger partial charge in [-0.1, -0.05) is 36.1 Å². The van der Waals surface area contributed by atoms with Crippen LogP contribution in [0, 0.1) is 0 Å². The first kappa shape index (κ1) is 18.5. The number of amides is 1. The normalized spacial score (nSPS) is 15.7. The van der Waals surface area contributed by atoms with Crippen molar-refractivity contribution in [2.45, 2.75) is 6.92 Å². The number of nitrogens with zero attached hydrogens (tertiary/aromatic N) is 2. The Labute approximate surface area is 163 Å². The molecule has 0 N–H and O–H groups in total. The van der Waals surface area contributed by atoms with Crippen molar-refractivity contribution < 1.29 is 9.53 Å². The van der Waals surface area contributed by atoms with Gasteiger partial charge in [-0.2, -0.15) is 0 Å². The standard InChI is InChI=1S/C20H20N2O2S2/c1-4-24-17-7-5-6-14(12-17)13-18-19(23)22(20(25)26-18)16-10-8-15(9-11-16)21(2)3/h5-13H,4H2,1-3H3/b18-13-. The zero-order valence-electron chi connectivity index (χ0n) is 14.9. The van der Waals surface area contributed by atoms with Crippen molar-refractivity contribution in [2.24, 2.45) is 0 Å². The Hall–Kier alpha value is -2.31. The van der Waals surface area contributed by atoms with Crippen molar-refractivity contribution in [1.82, 2.24) is 0 Å². The highest BCUT2D eigenvalue weighted by Crippen LogP contribution is 2.36. The molecule has 26 heavy (non-hydrogen) atoms. The first-order valence-electron chi connectivity index (χ1n) is 8.28.